The van der Waals surface area contributed by atoms with Crippen molar-refractivity contribution in [2.24, 2.45) is 0 Å². The van der Waals surface area contributed by atoms with E-state index in [4.69, 9.17) is 9.47 Å². The van der Waals surface area contributed by atoms with Crippen molar-refractivity contribution in [1.82, 2.24) is 10.2 Å². The van der Waals surface area contributed by atoms with Crippen molar-refractivity contribution in [2.45, 2.75) is 46.0 Å². The van der Waals surface area contributed by atoms with Gasteiger partial charge in [-0.3, -0.25) is 0 Å². The van der Waals surface area contributed by atoms with Crippen LogP contribution in [0.15, 0.2) is 84.4 Å². The zero-order chi connectivity index (χ0) is 27.2. The van der Waals surface area contributed by atoms with E-state index in [1.54, 1.807) is 0 Å². The van der Waals surface area contributed by atoms with Gasteiger partial charge in [-0.15, -0.1) is 0 Å². The van der Waals surface area contributed by atoms with Crippen molar-refractivity contribution >= 4 is 11.7 Å². The number of hydrogen-bond donors (Lipinski definition) is 1. The summed E-state index contributed by atoms with van der Waals surface area (Å²) in [5.41, 5.74) is 6.07. The first-order valence-electron chi connectivity index (χ1n) is 13.7. The molecular formula is C33H42N2O3. The SMILES string of the molecule is CCCCNC(=O)Oc1ccc(/C(=C(/CC)Cc2ccccc2)c2ccc(OCCCN(C)C)cc2)cc1. The van der Waals surface area contributed by atoms with Gasteiger partial charge >= 0.3 is 6.09 Å². The topological polar surface area (TPSA) is 50.8 Å². The molecule has 3 aromatic rings. The number of benzene rings is 3. The van der Waals surface area contributed by atoms with Gasteiger partial charge in [0.1, 0.15) is 11.5 Å². The van der Waals surface area contributed by atoms with E-state index in [0.29, 0.717) is 18.9 Å². The van der Waals surface area contributed by atoms with E-state index in [0.717, 1.165) is 55.5 Å². The molecule has 3 rings (SSSR count). The molecule has 0 aromatic heterocycles. The van der Waals surface area contributed by atoms with Crippen LogP contribution >= 0.6 is 0 Å². The summed E-state index contributed by atoms with van der Waals surface area (Å²) in [6, 6.07) is 26.8. The highest BCUT2D eigenvalue weighted by Crippen LogP contribution is 2.32. The molecule has 0 saturated heterocycles. The summed E-state index contributed by atoms with van der Waals surface area (Å²) in [5.74, 6) is 1.41. The van der Waals surface area contributed by atoms with Crippen molar-refractivity contribution in [3.8, 4) is 11.5 Å². The Kier molecular flexibility index (Phi) is 11.9. The molecule has 0 heterocycles. The maximum Gasteiger partial charge on any atom is 0.412 e. The smallest absolute Gasteiger partial charge is 0.412 e. The number of amides is 1. The molecule has 0 atom stereocenters. The van der Waals surface area contributed by atoms with Crippen LogP contribution in [0.4, 0.5) is 4.79 Å². The Morgan fingerprint density at radius 2 is 1.45 bits per heavy atom. The van der Waals surface area contributed by atoms with Crippen molar-refractivity contribution in [3.63, 3.8) is 0 Å². The van der Waals surface area contributed by atoms with Crippen molar-refractivity contribution in [1.29, 1.82) is 0 Å². The van der Waals surface area contributed by atoms with E-state index in [1.165, 1.54) is 16.7 Å². The Balaban J connectivity index is 1.85. The molecule has 0 aliphatic carbocycles. The van der Waals surface area contributed by atoms with E-state index in [9.17, 15) is 4.79 Å². The predicted octanol–water partition coefficient (Wildman–Crippen LogP) is 7.36. The molecule has 5 heteroatoms. The largest absolute Gasteiger partial charge is 0.494 e. The minimum absolute atomic E-state index is 0.415. The van der Waals surface area contributed by atoms with Crippen molar-refractivity contribution in [3.05, 3.63) is 101 Å². The lowest BCUT2D eigenvalue weighted by molar-refractivity contribution is 0.200. The normalized spacial score (nSPS) is 11.7. The summed E-state index contributed by atoms with van der Waals surface area (Å²) < 4.78 is 11.4. The minimum atomic E-state index is -0.415. The monoisotopic (exact) mass is 514 g/mol. The van der Waals surface area contributed by atoms with Crippen LogP contribution in [0.1, 0.15) is 56.2 Å². The number of carbonyl (C=O) groups excluding carboxylic acids is 1. The Labute approximate surface area is 228 Å². The lowest BCUT2D eigenvalue weighted by Crippen LogP contribution is -2.27. The highest BCUT2D eigenvalue weighted by Gasteiger charge is 2.13. The second-order valence-corrected chi connectivity index (χ2v) is 9.72. The summed E-state index contributed by atoms with van der Waals surface area (Å²) in [4.78, 5) is 14.3. The highest BCUT2D eigenvalue weighted by atomic mass is 16.6. The Morgan fingerprint density at radius 3 is 2.03 bits per heavy atom. The van der Waals surface area contributed by atoms with Crippen LogP contribution in [0.25, 0.3) is 5.57 Å². The fraction of sp³-hybridized carbons (Fsp3) is 0.364. The number of nitrogens with one attached hydrogen (secondary N) is 1. The molecule has 0 radical (unpaired) electrons. The van der Waals surface area contributed by atoms with E-state index < -0.39 is 6.09 Å². The first-order valence-corrected chi connectivity index (χ1v) is 13.7. The maximum absolute atomic E-state index is 12.1. The van der Waals surface area contributed by atoms with Gasteiger partial charge in [0.25, 0.3) is 0 Å². The second-order valence-electron chi connectivity index (χ2n) is 9.72. The van der Waals surface area contributed by atoms with Gasteiger partial charge in [0.05, 0.1) is 6.61 Å². The van der Waals surface area contributed by atoms with Gasteiger partial charge in [0.15, 0.2) is 0 Å². The van der Waals surface area contributed by atoms with Crippen LogP contribution in [0.2, 0.25) is 0 Å². The molecule has 3 aromatic carbocycles. The van der Waals surface area contributed by atoms with E-state index in [1.807, 2.05) is 30.3 Å². The van der Waals surface area contributed by atoms with Crippen LogP contribution < -0.4 is 14.8 Å². The number of unbranched alkanes of at least 4 members (excludes halogenated alkanes) is 1. The quantitative estimate of drug-likeness (QED) is 0.228. The molecule has 0 saturated carbocycles. The molecule has 1 N–H and O–H groups in total. The average molecular weight is 515 g/mol. The van der Waals surface area contributed by atoms with Gasteiger partial charge in [-0.1, -0.05) is 80.4 Å². The third kappa shape index (κ3) is 9.38. The van der Waals surface area contributed by atoms with Gasteiger partial charge in [-0.25, -0.2) is 4.79 Å². The van der Waals surface area contributed by atoms with E-state index >= 15 is 0 Å². The Hall–Kier alpha value is -3.57. The van der Waals surface area contributed by atoms with Crippen LogP contribution in [0, 0.1) is 0 Å². The van der Waals surface area contributed by atoms with Crippen molar-refractivity contribution in [2.75, 3.05) is 33.8 Å². The predicted molar refractivity (Wildman–Crippen MR) is 157 cm³/mol. The summed E-state index contributed by atoms with van der Waals surface area (Å²) in [6.45, 7) is 6.62. The summed E-state index contributed by atoms with van der Waals surface area (Å²) in [6.07, 6.45) is 4.32. The number of allylic oxidation sites excluding steroid dienone is 1. The molecule has 5 nitrogen and oxygen atoms in total. The van der Waals surface area contributed by atoms with Gasteiger partial charge in [0.2, 0.25) is 0 Å². The molecule has 0 fully saturated rings. The maximum atomic E-state index is 12.1. The number of hydrogen-bond acceptors (Lipinski definition) is 4. The Morgan fingerprint density at radius 1 is 0.816 bits per heavy atom. The van der Waals surface area contributed by atoms with Gasteiger partial charge in [0, 0.05) is 13.1 Å². The highest BCUT2D eigenvalue weighted by molar-refractivity contribution is 5.83. The lowest BCUT2D eigenvalue weighted by atomic mass is 9.88. The first kappa shape index (κ1) is 29.0. The van der Waals surface area contributed by atoms with E-state index in [-0.39, 0.29) is 0 Å². The first-order chi connectivity index (χ1) is 18.5. The fourth-order valence-corrected chi connectivity index (χ4v) is 4.30. The molecule has 0 unspecified atom stereocenters. The number of nitrogens with zero attached hydrogens (tertiary/aromatic N) is 1. The van der Waals surface area contributed by atoms with Crippen LogP contribution in [-0.4, -0.2) is 44.8 Å². The van der Waals surface area contributed by atoms with Gasteiger partial charge in [-0.2, -0.15) is 0 Å². The third-order valence-corrected chi connectivity index (χ3v) is 6.36. The lowest BCUT2D eigenvalue weighted by Gasteiger charge is -2.17. The molecule has 0 aliphatic heterocycles. The molecule has 1 amide bonds. The summed E-state index contributed by atoms with van der Waals surface area (Å²) in [5, 5.41) is 2.79. The number of rotatable bonds is 14. The minimum Gasteiger partial charge on any atom is -0.494 e. The Bertz CT molecular complexity index is 1140. The molecule has 202 valence electrons. The standard InChI is InChI=1S/C33H42N2O3/c1-5-7-22-34-33(36)38-31-20-16-29(17-21-31)32(27(6-2)25-26-12-9-8-10-13-26)28-14-18-30(19-15-28)37-24-11-23-35(3)4/h8-10,12-21H,5-7,11,22-25H2,1-4H3,(H,34,36)/b32-27-. The second kappa shape index (κ2) is 15.6. The van der Waals surface area contributed by atoms with Gasteiger partial charge in [-0.05, 0) is 86.3 Å². The molecule has 0 bridgehead atoms. The zero-order valence-electron chi connectivity index (χ0n) is 23.3. The number of carbonyl (C=O) groups is 1. The fourth-order valence-electron chi connectivity index (χ4n) is 4.30. The van der Waals surface area contributed by atoms with Crippen molar-refractivity contribution < 1.29 is 14.3 Å². The van der Waals surface area contributed by atoms with Crippen LogP contribution in [-0.2, 0) is 6.42 Å². The van der Waals surface area contributed by atoms with Gasteiger partial charge < -0.3 is 19.7 Å². The number of ether oxygens (including phenoxy) is 2. The summed E-state index contributed by atoms with van der Waals surface area (Å²) in [7, 11) is 4.15. The zero-order valence-corrected chi connectivity index (χ0v) is 23.3. The molecule has 38 heavy (non-hydrogen) atoms. The summed E-state index contributed by atoms with van der Waals surface area (Å²) >= 11 is 0. The van der Waals surface area contributed by atoms with Crippen LogP contribution in [0.3, 0.4) is 0 Å². The third-order valence-electron chi connectivity index (χ3n) is 6.36. The average Bonchev–Trinajstić information content (AvgIpc) is 2.93. The molecular weight excluding hydrogens is 472 g/mol. The molecule has 0 aliphatic rings. The van der Waals surface area contributed by atoms with Crippen LogP contribution in [0.5, 0.6) is 11.5 Å². The van der Waals surface area contributed by atoms with E-state index in [2.05, 4.69) is 86.7 Å². The molecule has 0 spiro atoms.